The van der Waals surface area contributed by atoms with Crippen molar-refractivity contribution in [3.63, 3.8) is 0 Å². The van der Waals surface area contributed by atoms with Gasteiger partial charge in [-0.25, -0.2) is 13.2 Å². The summed E-state index contributed by atoms with van der Waals surface area (Å²) in [4.78, 5) is 14.4. The summed E-state index contributed by atoms with van der Waals surface area (Å²) in [5.74, 6) is -5.34. The van der Waals surface area contributed by atoms with Crippen molar-refractivity contribution in [3.05, 3.63) is 70.0 Å². The van der Waals surface area contributed by atoms with Crippen LogP contribution in [0.3, 0.4) is 0 Å². The van der Waals surface area contributed by atoms with Crippen LogP contribution >= 0.6 is 11.6 Å². The summed E-state index contributed by atoms with van der Waals surface area (Å²) in [6, 6.07) is 8.62. The molecule has 0 bridgehead atoms. The third-order valence-corrected chi connectivity index (χ3v) is 4.83. The number of halogens is 4. The van der Waals surface area contributed by atoms with Crippen LogP contribution < -0.4 is 5.32 Å². The average molecular weight is 399 g/mol. The number of morpholine rings is 1. The molecule has 144 valence electrons. The van der Waals surface area contributed by atoms with Crippen LogP contribution in [0.1, 0.15) is 22.0 Å². The maximum atomic E-state index is 13.9. The zero-order chi connectivity index (χ0) is 19.4. The molecule has 0 saturated carbocycles. The first-order valence-corrected chi connectivity index (χ1v) is 8.84. The van der Waals surface area contributed by atoms with E-state index in [-0.39, 0.29) is 12.6 Å². The molecule has 1 aliphatic heterocycles. The molecule has 0 aliphatic carbocycles. The highest BCUT2D eigenvalue weighted by atomic mass is 35.5. The van der Waals surface area contributed by atoms with Gasteiger partial charge < -0.3 is 10.1 Å². The Balaban J connectivity index is 1.79. The number of nitrogens with one attached hydrogen (secondary N) is 1. The molecule has 4 nitrogen and oxygen atoms in total. The predicted molar refractivity (Wildman–Crippen MR) is 95.2 cm³/mol. The summed E-state index contributed by atoms with van der Waals surface area (Å²) in [5, 5.41) is 3.14. The average Bonchev–Trinajstić information content (AvgIpc) is 2.68. The highest BCUT2D eigenvalue weighted by Gasteiger charge is 2.26. The monoisotopic (exact) mass is 398 g/mol. The molecule has 3 rings (SSSR count). The molecule has 8 heteroatoms. The van der Waals surface area contributed by atoms with Gasteiger partial charge in [0, 0.05) is 24.7 Å². The Bertz CT molecular complexity index is 829. The van der Waals surface area contributed by atoms with Crippen molar-refractivity contribution < 1.29 is 22.7 Å². The molecule has 27 heavy (non-hydrogen) atoms. The number of benzene rings is 2. The predicted octanol–water partition coefficient (Wildman–Crippen LogP) is 3.56. The maximum absolute atomic E-state index is 13.9. The van der Waals surface area contributed by atoms with E-state index in [1.807, 2.05) is 12.1 Å². The van der Waals surface area contributed by atoms with E-state index in [0.29, 0.717) is 31.3 Å². The Morgan fingerprint density at radius 1 is 1.11 bits per heavy atom. The summed E-state index contributed by atoms with van der Waals surface area (Å²) in [6.07, 6.45) is 0. The normalized spacial score (nSPS) is 16.1. The molecular formula is C19H18ClF3N2O2. The van der Waals surface area contributed by atoms with Crippen molar-refractivity contribution >= 4 is 17.5 Å². The standard InChI is InChI=1S/C19H18ClF3N2O2/c20-14-4-2-1-3-12(14)16(25-7-9-27-10-8-25)11-24-19(26)13-5-6-15(21)18(23)17(13)22/h1-6,16H,7-11H2,(H,24,26). The number of rotatable bonds is 5. The Hall–Kier alpha value is -2.09. The first-order valence-electron chi connectivity index (χ1n) is 8.47. The molecule has 1 saturated heterocycles. The van der Waals surface area contributed by atoms with Crippen LogP contribution in [0.2, 0.25) is 5.02 Å². The lowest BCUT2D eigenvalue weighted by Crippen LogP contribution is -2.44. The van der Waals surface area contributed by atoms with Crippen molar-refractivity contribution in [2.45, 2.75) is 6.04 Å². The number of hydrogen-bond acceptors (Lipinski definition) is 3. The molecule has 0 radical (unpaired) electrons. The smallest absolute Gasteiger partial charge is 0.254 e. The molecule has 0 spiro atoms. The summed E-state index contributed by atoms with van der Waals surface area (Å²) in [7, 11) is 0. The van der Waals surface area contributed by atoms with Crippen LogP contribution in [0.4, 0.5) is 13.2 Å². The fraction of sp³-hybridized carbons (Fsp3) is 0.316. The summed E-state index contributed by atoms with van der Waals surface area (Å²) in [6.45, 7) is 2.51. The van der Waals surface area contributed by atoms with E-state index in [1.165, 1.54) is 0 Å². The van der Waals surface area contributed by atoms with Crippen LogP contribution in [-0.2, 0) is 4.74 Å². The molecule has 1 N–H and O–H groups in total. The quantitative estimate of drug-likeness (QED) is 0.783. The largest absolute Gasteiger partial charge is 0.379 e. The molecule has 1 amide bonds. The number of carbonyl (C=O) groups is 1. The number of carbonyl (C=O) groups excluding carboxylic acids is 1. The minimum atomic E-state index is -1.67. The summed E-state index contributed by atoms with van der Waals surface area (Å²) >= 11 is 6.31. The van der Waals surface area contributed by atoms with Gasteiger partial charge >= 0.3 is 0 Å². The Morgan fingerprint density at radius 3 is 2.52 bits per heavy atom. The lowest BCUT2D eigenvalue weighted by Gasteiger charge is -2.35. The molecule has 1 atom stereocenters. The fourth-order valence-electron chi connectivity index (χ4n) is 3.06. The lowest BCUT2D eigenvalue weighted by molar-refractivity contribution is 0.0162. The molecule has 2 aromatic carbocycles. The number of ether oxygens (including phenoxy) is 1. The van der Waals surface area contributed by atoms with Gasteiger partial charge in [-0.1, -0.05) is 29.8 Å². The molecule has 1 fully saturated rings. The lowest BCUT2D eigenvalue weighted by atomic mass is 10.0. The summed E-state index contributed by atoms with van der Waals surface area (Å²) < 4.78 is 45.7. The molecule has 1 aliphatic rings. The number of hydrogen-bond donors (Lipinski definition) is 1. The minimum Gasteiger partial charge on any atom is -0.379 e. The van der Waals surface area contributed by atoms with Crippen LogP contribution in [0, 0.1) is 17.5 Å². The van der Waals surface area contributed by atoms with Gasteiger partial charge in [0.05, 0.1) is 24.8 Å². The Kier molecular flexibility index (Phi) is 6.36. The van der Waals surface area contributed by atoms with E-state index in [1.54, 1.807) is 12.1 Å². The molecule has 1 heterocycles. The first-order chi connectivity index (χ1) is 13.0. The molecule has 2 aromatic rings. The topological polar surface area (TPSA) is 41.6 Å². The van der Waals surface area contributed by atoms with Gasteiger partial charge in [-0.2, -0.15) is 0 Å². The van der Waals surface area contributed by atoms with E-state index in [4.69, 9.17) is 16.3 Å². The number of amides is 1. The van der Waals surface area contributed by atoms with E-state index < -0.39 is 28.9 Å². The van der Waals surface area contributed by atoms with Gasteiger partial charge in [0.25, 0.3) is 5.91 Å². The van der Waals surface area contributed by atoms with Crippen LogP contribution in [0.15, 0.2) is 36.4 Å². The van der Waals surface area contributed by atoms with E-state index >= 15 is 0 Å². The Labute approximate surface area is 159 Å². The van der Waals surface area contributed by atoms with Crippen molar-refractivity contribution in [1.29, 1.82) is 0 Å². The molecular weight excluding hydrogens is 381 g/mol. The molecule has 0 aromatic heterocycles. The van der Waals surface area contributed by atoms with Gasteiger partial charge in [-0.3, -0.25) is 9.69 Å². The van der Waals surface area contributed by atoms with Crippen LogP contribution in [0.5, 0.6) is 0 Å². The third kappa shape index (κ3) is 4.43. The second-order valence-corrected chi connectivity index (χ2v) is 6.53. The second kappa shape index (κ2) is 8.73. The minimum absolute atomic E-state index is 0.126. The van der Waals surface area contributed by atoms with Crippen LogP contribution in [0.25, 0.3) is 0 Å². The summed E-state index contributed by atoms with van der Waals surface area (Å²) in [5.41, 5.74) is 0.265. The zero-order valence-electron chi connectivity index (χ0n) is 14.4. The van der Waals surface area contributed by atoms with Gasteiger partial charge in [0.1, 0.15) is 0 Å². The SMILES string of the molecule is O=C(NCC(c1ccccc1Cl)N1CCOCC1)c1ccc(F)c(F)c1F. The highest BCUT2D eigenvalue weighted by Crippen LogP contribution is 2.28. The molecule has 1 unspecified atom stereocenters. The zero-order valence-corrected chi connectivity index (χ0v) is 15.1. The first kappa shape index (κ1) is 19.7. The van der Waals surface area contributed by atoms with E-state index in [0.717, 1.165) is 17.7 Å². The number of nitrogens with zero attached hydrogens (tertiary/aromatic N) is 1. The van der Waals surface area contributed by atoms with Crippen molar-refractivity contribution in [3.8, 4) is 0 Å². The third-order valence-electron chi connectivity index (χ3n) is 4.49. The Morgan fingerprint density at radius 2 is 1.81 bits per heavy atom. The van der Waals surface area contributed by atoms with Gasteiger partial charge in [0.15, 0.2) is 17.5 Å². The fourth-order valence-corrected chi connectivity index (χ4v) is 3.32. The maximum Gasteiger partial charge on any atom is 0.254 e. The highest BCUT2D eigenvalue weighted by molar-refractivity contribution is 6.31. The van der Waals surface area contributed by atoms with Crippen molar-refractivity contribution in [2.75, 3.05) is 32.8 Å². The van der Waals surface area contributed by atoms with E-state index in [2.05, 4.69) is 10.2 Å². The van der Waals surface area contributed by atoms with Crippen LogP contribution in [-0.4, -0.2) is 43.7 Å². The second-order valence-electron chi connectivity index (χ2n) is 6.12. The van der Waals surface area contributed by atoms with Crippen molar-refractivity contribution in [1.82, 2.24) is 10.2 Å². The van der Waals surface area contributed by atoms with Gasteiger partial charge in [0.2, 0.25) is 0 Å². The van der Waals surface area contributed by atoms with Crippen molar-refractivity contribution in [2.24, 2.45) is 0 Å². The van der Waals surface area contributed by atoms with E-state index in [9.17, 15) is 18.0 Å². The van der Waals surface area contributed by atoms with Gasteiger partial charge in [-0.15, -0.1) is 0 Å². The van der Waals surface area contributed by atoms with Gasteiger partial charge in [-0.05, 0) is 23.8 Å².